The van der Waals surface area contributed by atoms with E-state index in [0.29, 0.717) is 17.8 Å². The van der Waals surface area contributed by atoms with E-state index in [4.69, 9.17) is 0 Å². The Morgan fingerprint density at radius 2 is 2.13 bits per heavy atom. The molecule has 2 aromatic carbocycles. The van der Waals surface area contributed by atoms with Crippen molar-refractivity contribution in [2.24, 2.45) is 0 Å². The molecular formula is C17H14N4O2. The van der Waals surface area contributed by atoms with Crippen LogP contribution in [0.2, 0.25) is 0 Å². The largest absolute Gasteiger partial charge is 0.345 e. The van der Waals surface area contributed by atoms with Gasteiger partial charge in [-0.25, -0.2) is 4.98 Å². The Labute approximate surface area is 132 Å². The van der Waals surface area contributed by atoms with Gasteiger partial charge in [-0.1, -0.05) is 18.2 Å². The number of hydrogen-bond donors (Lipinski definition) is 2. The van der Waals surface area contributed by atoms with Crippen LogP contribution in [0.4, 0.5) is 5.69 Å². The lowest BCUT2D eigenvalue weighted by Crippen LogP contribution is -2.33. The van der Waals surface area contributed by atoms with Crippen LogP contribution in [-0.2, 0) is 11.3 Å². The summed E-state index contributed by atoms with van der Waals surface area (Å²) in [6.07, 6.45) is 1.61. The van der Waals surface area contributed by atoms with Gasteiger partial charge in [0.15, 0.2) is 0 Å². The highest BCUT2D eigenvalue weighted by Gasteiger charge is 2.28. The van der Waals surface area contributed by atoms with E-state index in [2.05, 4.69) is 15.3 Å². The Hall–Kier alpha value is -3.15. The number of rotatable bonds is 3. The van der Waals surface area contributed by atoms with Gasteiger partial charge in [-0.2, -0.15) is 0 Å². The number of carbonyl (C=O) groups excluding carboxylic acids is 2. The summed E-state index contributed by atoms with van der Waals surface area (Å²) in [6, 6.07) is 12.9. The number of amides is 2. The first kappa shape index (κ1) is 13.5. The predicted octanol–water partition coefficient (Wildman–Crippen LogP) is 2.16. The quantitative estimate of drug-likeness (QED) is 0.778. The second-order valence-electron chi connectivity index (χ2n) is 5.50. The fourth-order valence-electron chi connectivity index (χ4n) is 2.83. The van der Waals surface area contributed by atoms with Gasteiger partial charge in [0.05, 0.1) is 17.4 Å². The number of imidazole rings is 1. The summed E-state index contributed by atoms with van der Waals surface area (Å²) in [5.41, 5.74) is 4.01. The minimum atomic E-state index is -0.218. The molecule has 23 heavy (non-hydrogen) atoms. The lowest BCUT2D eigenvalue weighted by molar-refractivity contribution is -0.116. The van der Waals surface area contributed by atoms with Gasteiger partial charge in [0.2, 0.25) is 5.91 Å². The maximum atomic E-state index is 12.3. The molecule has 3 aromatic rings. The lowest BCUT2D eigenvalue weighted by atomic mass is 10.1. The molecule has 0 unspecified atom stereocenters. The van der Waals surface area contributed by atoms with Crippen molar-refractivity contribution in [3.63, 3.8) is 0 Å². The average Bonchev–Trinajstić information content (AvgIpc) is 3.12. The Morgan fingerprint density at radius 3 is 3.00 bits per heavy atom. The first-order valence-electron chi connectivity index (χ1n) is 7.31. The number of aromatic amines is 1. The highest BCUT2D eigenvalue weighted by atomic mass is 16.2. The van der Waals surface area contributed by atoms with Crippen LogP contribution < -0.4 is 5.32 Å². The van der Waals surface area contributed by atoms with Crippen LogP contribution in [0.3, 0.4) is 0 Å². The van der Waals surface area contributed by atoms with Gasteiger partial charge in [-0.15, -0.1) is 0 Å². The molecule has 2 amide bonds. The second kappa shape index (κ2) is 5.24. The zero-order valence-corrected chi connectivity index (χ0v) is 12.2. The Kier molecular flexibility index (Phi) is 3.08. The van der Waals surface area contributed by atoms with E-state index in [1.54, 1.807) is 23.4 Å². The molecule has 0 saturated heterocycles. The number of carbonyl (C=O) groups is 2. The van der Waals surface area contributed by atoms with Crippen LogP contribution in [-0.4, -0.2) is 33.2 Å². The molecule has 0 bridgehead atoms. The molecule has 0 aliphatic carbocycles. The Balaban J connectivity index is 1.45. The summed E-state index contributed by atoms with van der Waals surface area (Å²) in [6.45, 7) is 0.510. The van der Waals surface area contributed by atoms with E-state index in [-0.39, 0.29) is 18.4 Å². The zero-order valence-electron chi connectivity index (χ0n) is 12.2. The van der Waals surface area contributed by atoms with E-state index < -0.39 is 0 Å². The first-order chi connectivity index (χ1) is 11.2. The van der Waals surface area contributed by atoms with Crippen molar-refractivity contribution < 1.29 is 9.59 Å². The third-order valence-corrected chi connectivity index (χ3v) is 3.93. The van der Waals surface area contributed by atoms with E-state index >= 15 is 0 Å². The van der Waals surface area contributed by atoms with Gasteiger partial charge in [0, 0.05) is 17.8 Å². The number of H-pyrrole nitrogens is 1. The maximum Gasteiger partial charge on any atom is 0.254 e. The Bertz CT molecular complexity index is 916. The highest BCUT2D eigenvalue weighted by molar-refractivity contribution is 6.02. The summed E-state index contributed by atoms with van der Waals surface area (Å²) < 4.78 is 0. The number of benzene rings is 2. The van der Waals surface area contributed by atoms with Gasteiger partial charge in [-0.3, -0.25) is 9.59 Å². The van der Waals surface area contributed by atoms with Crippen molar-refractivity contribution in [1.29, 1.82) is 0 Å². The molecule has 1 aromatic heterocycles. The molecule has 6 heteroatoms. The van der Waals surface area contributed by atoms with Gasteiger partial charge >= 0.3 is 0 Å². The molecule has 0 fully saturated rings. The second-order valence-corrected chi connectivity index (χ2v) is 5.50. The molecule has 1 aliphatic heterocycles. The van der Waals surface area contributed by atoms with Crippen molar-refractivity contribution in [3.05, 3.63) is 59.9 Å². The molecule has 0 saturated carbocycles. The summed E-state index contributed by atoms with van der Waals surface area (Å²) in [5.74, 6) is -0.315. The van der Waals surface area contributed by atoms with E-state index in [1.165, 1.54) is 0 Å². The zero-order chi connectivity index (χ0) is 15.8. The first-order valence-corrected chi connectivity index (χ1v) is 7.31. The average molecular weight is 306 g/mol. The third-order valence-electron chi connectivity index (χ3n) is 3.93. The topological polar surface area (TPSA) is 78.1 Å². The summed E-state index contributed by atoms with van der Waals surface area (Å²) >= 11 is 0. The van der Waals surface area contributed by atoms with Gasteiger partial charge < -0.3 is 15.2 Å². The van der Waals surface area contributed by atoms with Gasteiger partial charge in [0.1, 0.15) is 6.54 Å². The van der Waals surface area contributed by atoms with E-state index in [1.807, 2.05) is 30.3 Å². The molecule has 0 spiro atoms. The van der Waals surface area contributed by atoms with Crippen LogP contribution in [0.25, 0.3) is 11.0 Å². The normalized spacial score (nSPS) is 13.4. The van der Waals surface area contributed by atoms with Crippen molar-refractivity contribution in [3.8, 4) is 0 Å². The maximum absolute atomic E-state index is 12.3. The number of fused-ring (bicyclic) bond motifs is 2. The molecular weight excluding hydrogens is 292 g/mol. The molecule has 4 rings (SSSR count). The molecule has 0 radical (unpaired) electrons. The number of aromatic nitrogens is 2. The van der Waals surface area contributed by atoms with Crippen LogP contribution in [0.5, 0.6) is 0 Å². The van der Waals surface area contributed by atoms with Crippen molar-refractivity contribution in [1.82, 2.24) is 14.9 Å². The number of nitrogens with one attached hydrogen (secondary N) is 2. The summed E-state index contributed by atoms with van der Waals surface area (Å²) in [7, 11) is 0. The van der Waals surface area contributed by atoms with Crippen molar-refractivity contribution >= 4 is 28.5 Å². The molecule has 2 N–H and O–H groups in total. The standard InChI is InChI=1S/C17H14N4O2/c22-16(20-12-5-6-14-15(7-12)19-10-18-14)9-21-8-11-3-1-2-4-13(11)17(21)23/h1-7,10H,8-9H2,(H,18,19)(H,20,22). The Morgan fingerprint density at radius 1 is 1.26 bits per heavy atom. The molecule has 0 atom stereocenters. The minimum Gasteiger partial charge on any atom is -0.345 e. The molecule has 1 aliphatic rings. The third kappa shape index (κ3) is 2.44. The fourth-order valence-corrected chi connectivity index (χ4v) is 2.83. The highest BCUT2D eigenvalue weighted by Crippen LogP contribution is 2.22. The SMILES string of the molecule is O=C(CN1Cc2ccccc2C1=O)Nc1ccc2nc[nH]c2c1. The molecule has 6 nitrogen and oxygen atoms in total. The number of anilines is 1. The molecule has 114 valence electrons. The summed E-state index contributed by atoms with van der Waals surface area (Å²) in [5, 5.41) is 2.82. The predicted molar refractivity (Wildman–Crippen MR) is 85.9 cm³/mol. The number of hydrogen-bond acceptors (Lipinski definition) is 3. The van der Waals surface area contributed by atoms with Crippen molar-refractivity contribution in [2.75, 3.05) is 11.9 Å². The van der Waals surface area contributed by atoms with Gasteiger partial charge in [-0.05, 0) is 29.8 Å². The molecule has 2 heterocycles. The van der Waals surface area contributed by atoms with Gasteiger partial charge in [0.25, 0.3) is 5.91 Å². The van der Waals surface area contributed by atoms with Crippen LogP contribution in [0.1, 0.15) is 15.9 Å². The fraction of sp³-hybridized carbons (Fsp3) is 0.118. The van der Waals surface area contributed by atoms with Crippen LogP contribution in [0, 0.1) is 0 Å². The van der Waals surface area contributed by atoms with Crippen molar-refractivity contribution in [2.45, 2.75) is 6.54 Å². The van der Waals surface area contributed by atoms with Crippen LogP contribution >= 0.6 is 0 Å². The summed E-state index contributed by atoms with van der Waals surface area (Å²) in [4.78, 5) is 33.1. The van der Waals surface area contributed by atoms with Crippen LogP contribution in [0.15, 0.2) is 48.8 Å². The minimum absolute atomic E-state index is 0.0362. The lowest BCUT2D eigenvalue weighted by Gasteiger charge is -2.15. The number of nitrogens with zero attached hydrogens (tertiary/aromatic N) is 2. The van der Waals surface area contributed by atoms with E-state index in [9.17, 15) is 9.59 Å². The monoisotopic (exact) mass is 306 g/mol. The smallest absolute Gasteiger partial charge is 0.254 e. The van der Waals surface area contributed by atoms with E-state index in [0.717, 1.165) is 16.6 Å².